The third kappa shape index (κ3) is 5.65. The van der Waals surface area contributed by atoms with Gasteiger partial charge < -0.3 is 14.6 Å². The van der Waals surface area contributed by atoms with Gasteiger partial charge in [0.05, 0.1) is 6.61 Å². The second kappa shape index (κ2) is 10.2. The first-order chi connectivity index (χ1) is 14.1. The van der Waals surface area contributed by atoms with Crippen molar-refractivity contribution in [2.24, 2.45) is 7.05 Å². The van der Waals surface area contributed by atoms with Gasteiger partial charge in [-0.25, -0.2) is 4.39 Å². The molecule has 0 fully saturated rings. The zero-order valence-corrected chi connectivity index (χ0v) is 17.2. The van der Waals surface area contributed by atoms with Gasteiger partial charge in [-0.3, -0.25) is 4.79 Å². The third-order valence-corrected chi connectivity index (χ3v) is 5.35. The summed E-state index contributed by atoms with van der Waals surface area (Å²) < 4.78 is 20.4. The molecule has 0 unspecified atom stereocenters. The number of ether oxygens (including phenoxy) is 1. The summed E-state index contributed by atoms with van der Waals surface area (Å²) in [6, 6.07) is 13.5. The van der Waals surface area contributed by atoms with E-state index in [1.54, 1.807) is 43.1 Å². The zero-order chi connectivity index (χ0) is 20.6. The molecule has 6 nitrogen and oxygen atoms in total. The smallest absolute Gasteiger partial charge is 0.251 e. The van der Waals surface area contributed by atoms with Crippen molar-refractivity contribution in [3.05, 3.63) is 65.7 Å². The fourth-order valence-electron chi connectivity index (χ4n) is 2.80. The SMILES string of the molecule is COCCSc1nnc(CCNC(=O)c2cccc(-c3cccc(F)c3)c2)n1C. The van der Waals surface area contributed by atoms with Crippen LogP contribution in [0, 0.1) is 5.82 Å². The lowest BCUT2D eigenvalue weighted by Gasteiger charge is -2.08. The van der Waals surface area contributed by atoms with Crippen LogP contribution in [0.25, 0.3) is 11.1 Å². The summed E-state index contributed by atoms with van der Waals surface area (Å²) in [6.07, 6.45) is 0.573. The lowest BCUT2D eigenvalue weighted by Crippen LogP contribution is -2.26. The molecule has 0 saturated heterocycles. The number of rotatable bonds is 9. The number of aromatic nitrogens is 3. The predicted molar refractivity (Wildman–Crippen MR) is 111 cm³/mol. The van der Waals surface area contributed by atoms with Crippen molar-refractivity contribution in [2.75, 3.05) is 26.0 Å². The van der Waals surface area contributed by atoms with Gasteiger partial charge >= 0.3 is 0 Å². The zero-order valence-electron chi connectivity index (χ0n) is 16.4. The number of benzene rings is 2. The standard InChI is InChI=1S/C21H23FN4O2S/c1-26-19(24-25-21(26)29-12-11-28-2)9-10-23-20(27)17-7-3-5-15(13-17)16-6-4-8-18(22)14-16/h3-8,13-14H,9-12H2,1-2H3,(H,23,27). The maximum absolute atomic E-state index is 13.5. The van der Waals surface area contributed by atoms with Crippen LogP contribution in [0.3, 0.4) is 0 Å². The molecule has 1 amide bonds. The minimum absolute atomic E-state index is 0.180. The second-order valence-corrected chi connectivity index (χ2v) is 7.46. The van der Waals surface area contributed by atoms with Crippen LogP contribution in [0.5, 0.6) is 0 Å². The highest BCUT2D eigenvalue weighted by atomic mass is 32.2. The Morgan fingerprint density at radius 1 is 1.17 bits per heavy atom. The third-order valence-electron chi connectivity index (χ3n) is 4.36. The Labute approximate surface area is 173 Å². The minimum atomic E-state index is -0.305. The van der Waals surface area contributed by atoms with E-state index in [9.17, 15) is 9.18 Å². The van der Waals surface area contributed by atoms with E-state index in [0.29, 0.717) is 25.1 Å². The van der Waals surface area contributed by atoms with Crippen molar-refractivity contribution in [3.63, 3.8) is 0 Å². The highest BCUT2D eigenvalue weighted by Crippen LogP contribution is 2.21. The first-order valence-electron chi connectivity index (χ1n) is 9.22. The molecule has 2 aromatic carbocycles. The molecule has 0 aliphatic rings. The number of carbonyl (C=O) groups excluding carboxylic acids is 1. The Balaban J connectivity index is 1.57. The van der Waals surface area contributed by atoms with Crippen molar-refractivity contribution in [1.29, 1.82) is 0 Å². The molecule has 3 rings (SSSR count). The Morgan fingerprint density at radius 3 is 2.69 bits per heavy atom. The Hall–Kier alpha value is -2.71. The van der Waals surface area contributed by atoms with E-state index in [4.69, 9.17) is 4.74 Å². The lowest BCUT2D eigenvalue weighted by molar-refractivity contribution is 0.0954. The van der Waals surface area contributed by atoms with Gasteiger partial charge in [0.1, 0.15) is 11.6 Å². The summed E-state index contributed by atoms with van der Waals surface area (Å²) in [5.74, 6) is 1.13. The first-order valence-corrected chi connectivity index (χ1v) is 10.2. The topological polar surface area (TPSA) is 69.0 Å². The van der Waals surface area contributed by atoms with Crippen molar-refractivity contribution in [2.45, 2.75) is 11.6 Å². The van der Waals surface area contributed by atoms with Crippen LogP contribution in [0.2, 0.25) is 0 Å². The average molecular weight is 415 g/mol. The second-order valence-electron chi connectivity index (χ2n) is 6.40. The Bertz CT molecular complexity index is 977. The molecule has 0 aliphatic carbocycles. The van der Waals surface area contributed by atoms with E-state index in [1.807, 2.05) is 23.7 Å². The summed E-state index contributed by atoms with van der Waals surface area (Å²) >= 11 is 1.58. The van der Waals surface area contributed by atoms with Gasteiger partial charge in [0.25, 0.3) is 5.91 Å². The highest BCUT2D eigenvalue weighted by molar-refractivity contribution is 7.99. The van der Waals surface area contributed by atoms with Crippen LogP contribution in [0.4, 0.5) is 4.39 Å². The van der Waals surface area contributed by atoms with E-state index in [-0.39, 0.29) is 11.7 Å². The van der Waals surface area contributed by atoms with Crippen molar-refractivity contribution < 1.29 is 13.9 Å². The van der Waals surface area contributed by atoms with Gasteiger partial charge in [-0.15, -0.1) is 10.2 Å². The number of hydrogen-bond donors (Lipinski definition) is 1. The molecule has 0 aliphatic heterocycles. The van der Waals surface area contributed by atoms with E-state index in [0.717, 1.165) is 27.9 Å². The maximum atomic E-state index is 13.5. The van der Waals surface area contributed by atoms with Crippen LogP contribution in [-0.2, 0) is 18.2 Å². The molecule has 1 N–H and O–H groups in total. The Morgan fingerprint density at radius 2 is 1.93 bits per heavy atom. The molecule has 0 spiro atoms. The monoisotopic (exact) mass is 414 g/mol. The molecule has 1 heterocycles. The van der Waals surface area contributed by atoms with E-state index in [1.165, 1.54) is 12.1 Å². The lowest BCUT2D eigenvalue weighted by atomic mass is 10.0. The van der Waals surface area contributed by atoms with Crippen molar-refractivity contribution in [1.82, 2.24) is 20.1 Å². The number of thioether (sulfide) groups is 1. The van der Waals surface area contributed by atoms with Crippen LogP contribution >= 0.6 is 11.8 Å². The molecule has 0 saturated carbocycles. The molecule has 0 bridgehead atoms. The molecular weight excluding hydrogens is 391 g/mol. The maximum Gasteiger partial charge on any atom is 0.251 e. The van der Waals surface area contributed by atoms with Crippen molar-refractivity contribution in [3.8, 4) is 11.1 Å². The summed E-state index contributed by atoms with van der Waals surface area (Å²) in [5, 5.41) is 12.1. The van der Waals surface area contributed by atoms with Gasteiger partial charge in [-0.2, -0.15) is 0 Å². The van der Waals surface area contributed by atoms with E-state index >= 15 is 0 Å². The van der Waals surface area contributed by atoms with Crippen LogP contribution < -0.4 is 5.32 Å². The van der Waals surface area contributed by atoms with Gasteiger partial charge in [-0.1, -0.05) is 36.0 Å². The highest BCUT2D eigenvalue weighted by Gasteiger charge is 2.11. The predicted octanol–water partition coefficient (Wildman–Crippen LogP) is 3.33. The molecule has 0 atom stereocenters. The molecular formula is C21H23FN4O2S. The number of halogens is 1. The number of amides is 1. The first kappa shape index (κ1) is 21.0. The Kier molecular flexibility index (Phi) is 7.37. The minimum Gasteiger partial charge on any atom is -0.384 e. The average Bonchev–Trinajstić information content (AvgIpc) is 3.08. The van der Waals surface area contributed by atoms with Gasteiger partial charge in [-0.05, 0) is 35.4 Å². The number of carbonyl (C=O) groups is 1. The molecule has 1 aromatic heterocycles. The normalized spacial score (nSPS) is 10.9. The van der Waals surface area contributed by atoms with Crippen molar-refractivity contribution >= 4 is 17.7 Å². The van der Waals surface area contributed by atoms with Gasteiger partial charge in [0.15, 0.2) is 5.16 Å². The number of methoxy groups -OCH3 is 1. The number of hydrogen-bond acceptors (Lipinski definition) is 5. The summed E-state index contributed by atoms with van der Waals surface area (Å²) in [6.45, 7) is 1.09. The summed E-state index contributed by atoms with van der Waals surface area (Å²) in [4.78, 5) is 12.5. The molecule has 3 aromatic rings. The number of nitrogens with zero attached hydrogens (tertiary/aromatic N) is 3. The molecule has 152 valence electrons. The largest absolute Gasteiger partial charge is 0.384 e. The van der Waals surface area contributed by atoms with Crippen LogP contribution in [-0.4, -0.2) is 46.7 Å². The number of nitrogens with one attached hydrogen (secondary N) is 1. The van der Waals surface area contributed by atoms with Gasteiger partial charge in [0.2, 0.25) is 0 Å². The molecule has 8 heteroatoms. The fourth-order valence-corrected chi connectivity index (χ4v) is 3.63. The quantitative estimate of drug-likeness (QED) is 0.430. The molecule has 29 heavy (non-hydrogen) atoms. The van der Waals surface area contributed by atoms with Crippen LogP contribution in [0.1, 0.15) is 16.2 Å². The van der Waals surface area contributed by atoms with E-state index < -0.39 is 0 Å². The van der Waals surface area contributed by atoms with Crippen LogP contribution in [0.15, 0.2) is 53.7 Å². The summed E-state index contributed by atoms with van der Waals surface area (Å²) in [7, 11) is 3.58. The van der Waals surface area contributed by atoms with Gasteiger partial charge in [0, 0.05) is 38.4 Å². The van der Waals surface area contributed by atoms with E-state index in [2.05, 4.69) is 15.5 Å². The fraction of sp³-hybridized carbons (Fsp3) is 0.286. The summed E-state index contributed by atoms with van der Waals surface area (Å²) in [5.41, 5.74) is 2.06. The molecule has 0 radical (unpaired) electrons.